The van der Waals surface area contributed by atoms with Gasteiger partial charge in [-0.2, -0.15) is 4.98 Å². The first kappa shape index (κ1) is 15.7. The molecule has 0 atom stereocenters. The number of hydrogen-bond acceptors (Lipinski definition) is 5. The molecule has 23 heavy (non-hydrogen) atoms. The predicted octanol–water partition coefficient (Wildman–Crippen LogP) is 4.51. The van der Waals surface area contributed by atoms with Gasteiger partial charge in [0.1, 0.15) is 0 Å². The van der Waals surface area contributed by atoms with Gasteiger partial charge in [0, 0.05) is 10.0 Å². The third-order valence-corrected chi connectivity index (χ3v) is 3.85. The zero-order chi connectivity index (χ0) is 16.2. The summed E-state index contributed by atoms with van der Waals surface area (Å²) in [5.41, 5.74) is 1.10. The number of carbonyl (C=O) groups is 1. The molecule has 0 bridgehead atoms. The average molecular weight is 394 g/mol. The lowest BCUT2D eigenvalue weighted by Crippen LogP contribution is -2.06. The van der Waals surface area contributed by atoms with Crippen LogP contribution in [0.1, 0.15) is 16.2 Å². The second kappa shape index (κ2) is 6.93. The third-order valence-electron chi connectivity index (χ3n) is 2.99. The van der Waals surface area contributed by atoms with Crippen LogP contribution in [0.25, 0.3) is 11.4 Å². The number of ether oxygens (including phenoxy) is 1. The van der Waals surface area contributed by atoms with Crippen molar-refractivity contribution in [1.29, 1.82) is 0 Å². The average Bonchev–Trinajstić information content (AvgIpc) is 3.03. The summed E-state index contributed by atoms with van der Waals surface area (Å²) in [4.78, 5) is 16.1. The minimum atomic E-state index is -0.543. The number of esters is 1. The minimum absolute atomic E-state index is 0.117. The molecule has 3 rings (SSSR count). The summed E-state index contributed by atoms with van der Waals surface area (Å²) in [6, 6.07) is 14.1. The van der Waals surface area contributed by atoms with Gasteiger partial charge in [0.05, 0.1) is 10.6 Å². The maximum absolute atomic E-state index is 12.0. The Morgan fingerprint density at radius 3 is 2.65 bits per heavy atom. The Morgan fingerprint density at radius 2 is 1.91 bits per heavy atom. The number of aromatic nitrogens is 2. The molecular formula is C16H10BrClN2O3. The fourth-order valence-corrected chi connectivity index (χ4v) is 2.34. The molecule has 116 valence electrons. The van der Waals surface area contributed by atoms with E-state index in [-0.39, 0.29) is 12.5 Å². The van der Waals surface area contributed by atoms with Crippen molar-refractivity contribution in [3.63, 3.8) is 0 Å². The molecule has 0 aliphatic carbocycles. The van der Waals surface area contributed by atoms with E-state index >= 15 is 0 Å². The Labute approximate surface area is 145 Å². The molecule has 0 unspecified atom stereocenters. The van der Waals surface area contributed by atoms with Crippen LogP contribution in [-0.2, 0) is 11.3 Å². The largest absolute Gasteiger partial charge is 0.452 e. The number of benzene rings is 2. The summed E-state index contributed by atoms with van der Waals surface area (Å²) in [6.45, 7) is -0.117. The molecule has 0 aliphatic rings. The van der Waals surface area contributed by atoms with Crippen molar-refractivity contribution in [2.75, 3.05) is 0 Å². The second-order valence-corrected chi connectivity index (χ2v) is 5.90. The lowest BCUT2D eigenvalue weighted by atomic mass is 10.2. The molecule has 0 saturated heterocycles. The Hall–Kier alpha value is -2.18. The Kier molecular flexibility index (Phi) is 4.73. The van der Waals surface area contributed by atoms with Crippen LogP contribution in [0.5, 0.6) is 0 Å². The first-order valence-corrected chi connectivity index (χ1v) is 7.81. The maximum atomic E-state index is 12.0. The van der Waals surface area contributed by atoms with Gasteiger partial charge in [-0.3, -0.25) is 0 Å². The molecule has 0 amide bonds. The molecule has 0 saturated carbocycles. The number of hydrogen-bond donors (Lipinski definition) is 0. The molecule has 0 aliphatic heterocycles. The van der Waals surface area contributed by atoms with E-state index in [0.717, 1.165) is 10.0 Å². The van der Waals surface area contributed by atoms with Gasteiger partial charge < -0.3 is 9.26 Å². The SMILES string of the molecule is O=C(OCc1nc(-c2ccc(Br)cc2)no1)c1ccccc1Cl. The van der Waals surface area contributed by atoms with Crippen LogP contribution >= 0.6 is 27.5 Å². The van der Waals surface area contributed by atoms with Crippen LogP contribution in [0.2, 0.25) is 5.02 Å². The minimum Gasteiger partial charge on any atom is -0.452 e. The highest BCUT2D eigenvalue weighted by molar-refractivity contribution is 9.10. The zero-order valence-corrected chi connectivity index (χ0v) is 14.0. The van der Waals surface area contributed by atoms with Crippen molar-refractivity contribution in [1.82, 2.24) is 10.1 Å². The van der Waals surface area contributed by atoms with Gasteiger partial charge in [-0.15, -0.1) is 0 Å². The Balaban J connectivity index is 1.67. The molecule has 0 radical (unpaired) electrons. The van der Waals surface area contributed by atoms with Crippen molar-refractivity contribution >= 4 is 33.5 Å². The highest BCUT2D eigenvalue weighted by atomic mass is 79.9. The van der Waals surface area contributed by atoms with Gasteiger partial charge in [0.2, 0.25) is 5.82 Å². The number of rotatable bonds is 4. The lowest BCUT2D eigenvalue weighted by Gasteiger charge is -2.03. The van der Waals surface area contributed by atoms with Gasteiger partial charge in [0.15, 0.2) is 6.61 Å². The summed E-state index contributed by atoms with van der Waals surface area (Å²) in [5.74, 6) is 0.101. The maximum Gasteiger partial charge on any atom is 0.340 e. The topological polar surface area (TPSA) is 65.2 Å². The normalized spacial score (nSPS) is 10.5. The van der Waals surface area contributed by atoms with Gasteiger partial charge in [0.25, 0.3) is 5.89 Å². The van der Waals surface area contributed by atoms with E-state index in [1.165, 1.54) is 0 Å². The molecule has 3 aromatic rings. The Bertz CT molecular complexity index is 833. The van der Waals surface area contributed by atoms with E-state index in [1.54, 1.807) is 24.3 Å². The first-order valence-electron chi connectivity index (χ1n) is 6.63. The summed E-state index contributed by atoms with van der Waals surface area (Å²) in [7, 11) is 0. The summed E-state index contributed by atoms with van der Waals surface area (Å²) >= 11 is 9.30. The van der Waals surface area contributed by atoms with Crippen molar-refractivity contribution in [2.24, 2.45) is 0 Å². The highest BCUT2D eigenvalue weighted by Gasteiger charge is 2.14. The van der Waals surface area contributed by atoms with Gasteiger partial charge >= 0.3 is 5.97 Å². The summed E-state index contributed by atoms with van der Waals surface area (Å²) in [5, 5.41) is 4.20. The van der Waals surface area contributed by atoms with E-state index in [4.69, 9.17) is 20.9 Å². The van der Waals surface area contributed by atoms with E-state index < -0.39 is 5.97 Å². The molecule has 0 N–H and O–H groups in total. The zero-order valence-electron chi connectivity index (χ0n) is 11.7. The van der Waals surface area contributed by atoms with Gasteiger partial charge in [-0.25, -0.2) is 4.79 Å². The van der Waals surface area contributed by atoms with Crippen LogP contribution < -0.4 is 0 Å². The summed E-state index contributed by atoms with van der Waals surface area (Å²) in [6.07, 6.45) is 0. The van der Waals surface area contributed by atoms with Gasteiger partial charge in [-0.1, -0.05) is 44.8 Å². The quantitative estimate of drug-likeness (QED) is 0.610. The Morgan fingerprint density at radius 1 is 1.17 bits per heavy atom. The van der Waals surface area contributed by atoms with Crippen LogP contribution in [0.15, 0.2) is 57.5 Å². The predicted molar refractivity (Wildman–Crippen MR) is 88.0 cm³/mol. The fourth-order valence-electron chi connectivity index (χ4n) is 1.86. The standard InChI is InChI=1S/C16H10BrClN2O3/c17-11-7-5-10(6-8-11)15-19-14(23-20-15)9-22-16(21)12-3-1-2-4-13(12)18/h1-8H,9H2. The molecule has 7 heteroatoms. The van der Waals surface area contributed by atoms with Crippen LogP contribution in [0.3, 0.4) is 0 Å². The number of halogens is 2. The van der Waals surface area contributed by atoms with Crippen molar-refractivity contribution in [2.45, 2.75) is 6.61 Å². The van der Waals surface area contributed by atoms with E-state index in [2.05, 4.69) is 26.1 Å². The molecular weight excluding hydrogens is 384 g/mol. The van der Waals surface area contributed by atoms with Crippen molar-refractivity contribution in [3.8, 4) is 11.4 Å². The van der Waals surface area contributed by atoms with E-state index in [9.17, 15) is 4.79 Å². The monoisotopic (exact) mass is 392 g/mol. The van der Waals surface area contributed by atoms with Gasteiger partial charge in [-0.05, 0) is 36.4 Å². The van der Waals surface area contributed by atoms with Crippen LogP contribution in [0, 0.1) is 0 Å². The molecule has 2 aromatic carbocycles. The molecule has 0 fully saturated rings. The summed E-state index contributed by atoms with van der Waals surface area (Å²) < 4.78 is 11.2. The van der Waals surface area contributed by atoms with Crippen molar-refractivity contribution < 1.29 is 14.1 Å². The molecule has 1 heterocycles. The van der Waals surface area contributed by atoms with Crippen LogP contribution in [0.4, 0.5) is 0 Å². The smallest absolute Gasteiger partial charge is 0.340 e. The number of carbonyl (C=O) groups excluding carboxylic acids is 1. The molecule has 1 aromatic heterocycles. The van der Waals surface area contributed by atoms with Crippen LogP contribution in [-0.4, -0.2) is 16.1 Å². The first-order chi connectivity index (χ1) is 11.1. The number of nitrogens with zero attached hydrogens (tertiary/aromatic N) is 2. The second-order valence-electron chi connectivity index (χ2n) is 4.57. The van der Waals surface area contributed by atoms with Crippen molar-refractivity contribution in [3.05, 3.63) is 69.5 Å². The lowest BCUT2D eigenvalue weighted by molar-refractivity contribution is 0.0430. The molecule has 5 nitrogen and oxygen atoms in total. The van der Waals surface area contributed by atoms with E-state index in [0.29, 0.717) is 16.4 Å². The molecule has 0 spiro atoms. The third kappa shape index (κ3) is 3.78. The fraction of sp³-hybridized carbons (Fsp3) is 0.0625. The highest BCUT2D eigenvalue weighted by Crippen LogP contribution is 2.20. The van der Waals surface area contributed by atoms with E-state index in [1.807, 2.05) is 24.3 Å².